The maximum absolute atomic E-state index is 12.5. The highest BCUT2D eigenvalue weighted by molar-refractivity contribution is 5.85. The maximum atomic E-state index is 12.5. The molecule has 1 aliphatic carbocycles. The first-order chi connectivity index (χ1) is 9.29. The molecule has 20 heavy (non-hydrogen) atoms. The quantitative estimate of drug-likeness (QED) is 0.919. The van der Waals surface area contributed by atoms with Crippen molar-refractivity contribution in [2.45, 2.75) is 25.1 Å². The number of nitrogens with zero attached hydrogens (tertiary/aromatic N) is 1. The largest absolute Gasteiger partial charge is 0.480 e. The average Bonchev–Trinajstić information content (AvgIpc) is 2.77. The predicted octanol–water partition coefficient (Wildman–Crippen LogP) is 1.63. The maximum Gasteiger partial charge on any atom is 0.471 e. The third kappa shape index (κ3) is 2.92. The summed E-state index contributed by atoms with van der Waals surface area (Å²) in [5, 5.41) is 8.71. The van der Waals surface area contributed by atoms with Crippen LogP contribution in [0.1, 0.15) is 11.1 Å². The molecule has 1 aromatic carbocycles. The van der Waals surface area contributed by atoms with Crippen LogP contribution >= 0.6 is 0 Å². The third-order valence-corrected chi connectivity index (χ3v) is 3.28. The predicted molar refractivity (Wildman–Crippen MR) is 63.0 cm³/mol. The van der Waals surface area contributed by atoms with Crippen molar-refractivity contribution in [3.8, 4) is 0 Å². The fourth-order valence-corrected chi connectivity index (χ4v) is 2.43. The van der Waals surface area contributed by atoms with Gasteiger partial charge in [-0.2, -0.15) is 13.2 Å². The Kier molecular flexibility index (Phi) is 3.69. The second-order valence-corrected chi connectivity index (χ2v) is 4.66. The van der Waals surface area contributed by atoms with Gasteiger partial charge < -0.3 is 10.0 Å². The topological polar surface area (TPSA) is 57.6 Å². The van der Waals surface area contributed by atoms with Crippen molar-refractivity contribution < 1.29 is 27.9 Å². The summed E-state index contributed by atoms with van der Waals surface area (Å²) in [6, 6.07) is 6.29. The summed E-state index contributed by atoms with van der Waals surface area (Å²) in [5.74, 6) is -3.56. The standard InChI is InChI=1S/C13H12F3NO3/c14-13(15,16)12(20)17(7-11(18)19)10-5-8-3-1-2-4-9(8)6-10/h1-4,10H,5-7H2,(H,18,19). The van der Waals surface area contributed by atoms with Crippen LogP contribution in [-0.4, -0.2) is 40.6 Å². The number of benzene rings is 1. The molecule has 0 fully saturated rings. The van der Waals surface area contributed by atoms with Gasteiger partial charge in [0.1, 0.15) is 6.54 Å². The van der Waals surface area contributed by atoms with Crippen molar-refractivity contribution in [2.75, 3.05) is 6.54 Å². The van der Waals surface area contributed by atoms with Gasteiger partial charge in [-0.15, -0.1) is 0 Å². The Morgan fingerprint density at radius 2 is 1.70 bits per heavy atom. The van der Waals surface area contributed by atoms with Crippen LogP contribution in [-0.2, 0) is 22.4 Å². The van der Waals surface area contributed by atoms with E-state index >= 15 is 0 Å². The number of carboxylic acids is 1. The number of hydrogen-bond acceptors (Lipinski definition) is 2. The molecule has 1 N–H and O–H groups in total. The molecule has 0 heterocycles. The lowest BCUT2D eigenvalue weighted by Crippen LogP contribution is -2.49. The molecule has 0 atom stereocenters. The molecule has 0 bridgehead atoms. The van der Waals surface area contributed by atoms with Gasteiger partial charge in [0.25, 0.3) is 0 Å². The van der Waals surface area contributed by atoms with Crippen molar-refractivity contribution >= 4 is 11.9 Å². The lowest BCUT2D eigenvalue weighted by molar-refractivity contribution is -0.189. The summed E-state index contributed by atoms with van der Waals surface area (Å²) in [6.07, 6.45) is -4.58. The molecule has 0 aliphatic heterocycles. The highest BCUT2D eigenvalue weighted by Gasteiger charge is 2.46. The molecular weight excluding hydrogens is 275 g/mol. The van der Waals surface area contributed by atoms with Crippen LogP contribution in [0.2, 0.25) is 0 Å². The third-order valence-electron chi connectivity index (χ3n) is 3.28. The molecule has 4 nitrogen and oxygen atoms in total. The Labute approximate surface area is 112 Å². The van der Waals surface area contributed by atoms with Crippen molar-refractivity contribution in [1.29, 1.82) is 0 Å². The Balaban J connectivity index is 2.22. The summed E-state index contributed by atoms with van der Waals surface area (Å²) < 4.78 is 37.6. The number of halogens is 3. The van der Waals surface area contributed by atoms with Crippen LogP contribution in [0, 0.1) is 0 Å². The fraction of sp³-hybridized carbons (Fsp3) is 0.385. The van der Waals surface area contributed by atoms with Crippen molar-refractivity contribution in [1.82, 2.24) is 4.90 Å². The minimum absolute atomic E-state index is 0.241. The molecule has 0 saturated carbocycles. The normalized spacial score (nSPS) is 14.9. The molecule has 0 saturated heterocycles. The van der Waals surface area contributed by atoms with Gasteiger partial charge >= 0.3 is 18.1 Å². The molecule has 108 valence electrons. The van der Waals surface area contributed by atoms with Crippen LogP contribution in [0.5, 0.6) is 0 Å². The highest BCUT2D eigenvalue weighted by Crippen LogP contribution is 2.28. The van der Waals surface area contributed by atoms with Crippen molar-refractivity contribution in [2.24, 2.45) is 0 Å². The second kappa shape index (κ2) is 5.15. The summed E-state index contributed by atoms with van der Waals surface area (Å²) in [5.41, 5.74) is 1.70. The monoisotopic (exact) mass is 287 g/mol. The smallest absolute Gasteiger partial charge is 0.471 e. The zero-order chi connectivity index (χ0) is 14.9. The molecule has 0 unspecified atom stereocenters. The van der Waals surface area contributed by atoms with E-state index in [1.54, 1.807) is 24.3 Å². The van der Waals surface area contributed by atoms with Gasteiger partial charge in [0.15, 0.2) is 0 Å². The summed E-state index contributed by atoms with van der Waals surface area (Å²) in [4.78, 5) is 22.5. The average molecular weight is 287 g/mol. The number of hydrogen-bond donors (Lipinski definition) is 1. The van der Waals surface area contributed by atoms with Gasteiger partial charge in [0.05, 0.1) is 0 Å². The van der Waals surface area contributed by atoms with E-state index in [0.717, 1.165) is 11.1 Å². The van der Waals surface area contributed by atoms with E-state index in [-0.39, 0.29) is 12.8 Å². The van der Waals surface area contributed by atoms with E-state index in [4.69, 9.17) is 5.11 Å². The van der Waals surface area contributed by atoms with E-state index in [9.17, 15) is 22.8 Å². The van der Waals surface area contributed by atoms with Gasteiger partial charge in [-0.25, -0.2) is 0 Å². The molecule has 1 aliphatic rings. The number of carboxylic acid groups (broad SMARTS) is 1. The Morgan fingerprint density at radius 3 is 2.10 bits per heavy atom. The lowest BCUT2D eigenvalue weighted by Gasteiger charge is -2.28. The van der Waals surface area contributed by atoms with Crippen molar-refractivity contribution in [3.63, 3.8) is 0 Å². The zero-order valence-electron chi connectivity index (χ0n) is 10.4. The second-order valence-electron chi connectivity index (χ2n) is 4.66. The SMILES string of the molecule is O=C(O)CN(C(=O)C(F)(F)F)C1Cc2ccccc2C1. The number of amides is 1. The molecule has 1 aromatic rings. The molecule has 2 rings (SSSR count). The van der Waals surface area contributed by atoms with Gasteiger partial charge in [-0.3, -0.25) is 9.59 Å². The van der Waals surface area contributed by atoms with Gasteiger partial charge in [-0.05, 0) is 24.0 Å². The molecule has 0 radical (unpaired) electrons. The van der Waals surface area contributed by atoms with E-state index in [0.29, 0.717) is 4.90 Å². The highest BCUT2D eigenvalue weighted by atomic mass is 19.4. The molecule has 0 aromatic heterocycles. The minimum Gasteiger partial charge on any atom is -0.480 e. The summed E-state index contributed by atoms with van der Waals surface area (Å²) in [6.45, 7) is -0.947. The van der Waals surface area contributed by atoms with E-state index in [1.807, 2.05) is 0 Å². The molecule has 1 amide bonds. The summed E-state index contributed by atoms with van der Waals surface area (Å²) in [7, 11) is 0. The number of carbonyl (C=O) groups is 2. The fourth-order valence-electron chi connectivity index (χ4n) is 2.43. The Hall–Kier alpha value is -2.05. The Morgan fingerprint density at radius 1 is 1.20 bits per heavy atom. The first-order valence-electron chi connectivity index (χ1n) is 5.95. The number of aliphatic carboxylic acids is 1. The molecule has 0 spiro atoms. The number of rotatable bonds is 3. The first kappa shape index (κ1) is 14.4. The number of carbonyl (C=O) groups excluding carboxylic acids is 1. The van der Waals surface area contributed by atoms with E-state index in [2.05, 4.69) is 0 Å². The minimum atomic E-state index is -5.07. The van der Waals surface area contributed by atoms with Gasteiger partial charge in [0, 0.05) is 6.04 Å². The lowest BCUT2D eigenvalue weighted by atomic mass is 10.1. The van der Waals surface area contributed by atoms with Crippen LogP contribution in [0.3, 0.4) is 0 Å². The van der Waals surface area contributed by atoms with Gasteiger partial charge in [-0.1, -0.05) is 24.3 Å². The van der Waals surface area contributed by atoms with Crippen LogP contribution in [0.25, 0.3) is 0 Å². The van der Waals surface area contributed by atoms with Crippen LogP contribution < -0.4 is 0 Å². The van der Waals surface area contributed by atoms with E-state index < -0.39 is 30.6 Å². The Bertz CT molecular complexity index is 517. The van der Waals surface area contributed by atoms with Gasteiger partial charge in [0.2, 0.25) is 0 Å². The van der Waals surface area contributed by atoms with Crippen LogP contribution in [0.4, 0.5) is 13.2 Å². The first-order valence-corrected chi connectivity index (χ1v) is 5.95. The molecular formula is C13H12F3NO3. The summed E-state index contributed by atoms with van der Waals surface area (Å²) >= 11 is 0. The van der Waals surface area contributed by atoms with E-state index in [1.165, 1.54) is 0 Å². The van der Waals surface area contributed by atoms with Crippen LogP contribution in [0.15, 0.2) is 24.3 Å². The number of alkyl halides is 3. The number of fused-ring (bicyclic) bond motifs is 1. The van der Waals surface area contributed by atoms with Crippen molar-refractivity contribution in [3.05, 3.63) is 35.4 Å². The molecule has 7 heteroatoms. The zero-order valence-corrected chi connectivity index (χ0v) is 10.4.